The minimum absolute atomic E-state index is 0.0460. The first-order valence-electron chi connectivity index (χ1n) is 9.28. The second kappa shape index (κ2) is 9.56. The van der Waals surface area contributed by atoms with E-state index in [0.717, 1.165) is 16.3 Å². The topological polar surface area (TPSA) is 102 Å². The molecule has 0 heterocycles. The summed E-state index contributed by atoms with van der Waals surface area (Å²) in [6, 6.07) is 18.4. The largest absolute Gasteiger partial charge is 0.507 e. The number of rotatable bonds is 7. The molecule has 0 aromatic heterocycles. The number of carbonyl (C=O) groups excluding carboxylic acids is 3. The highest BCUT2D eigenvalue weighted by atomic mass is 16.5. The highest BCUT2D eigenvalue weighted by molar-refractivity contribution is 5.99. The van der Waals surface area contributed by atoms with Crippen LogP contribution in [-0.4, -0.2) is 42.7 Å². The van der Waals surface area contributed by atoms with E-state index < -0.39 is 30.5 Å². The molecule has 0 aliphatic carbocycles. The number of methoxy groups -OCH3 is 1. The molecule has 2 N–H and O–H groups in total. The molecule has 0 fully saturated rings. The Hall–Kier alpha value is -3.87. The number of hydrogen-bond donors (Lipinski definition) is 2. The van der Waals surface area contributed by atoms with E-state index in [1.54, 1.807) is 12.1 Å². The van der Waals surface area contributed by atoms with Crippen LogP contribution in [0.3, 0.4) is 0 Å². The van der Waals surface area contributed by atoms with E-state index in [-0.39, 0.29) is 17.7 Å². The number of amides is 1. The van der Waals surface area contributed by atoms with Crippen molar-refractivity contribution in [2.45, 2.75) is 12.5 Å². The van der Waals surface area contributed by atoms with Crippen molar-refractivity contribution in [3.63, 3.8) is 0 Å². The van der Waals surface area contributed by atoms with Crippen LogP contribution < -0.4 is 5.32 Å². The Morgan fingerprint density at radius 2 is 1.60 bits per heavy atom. The zero-order valence-corrected chi connectivity index (χ0v) is 16.3. The van der Waals surface area contributed by atoms with Gasteiger partial charge in [0, 0.05) is 6.42 Å². The van der Waals surface area contributed by atoms with Crippen molar-refractivity contribution in [3.8, 4) is 5.75 Å². The van der Waals surface area contributed by atoms with Gasteiger partial charge in [-0.25, -0.2) is 9.59 Å². The standard InChI is InChI=1S/C23H21NO6/c1-29-23(28)19(11-15-7-3-2-4-8-15)24-21(26)14-30-22(27)18-12-16-9-5-6-10-17(16)13-20(18)25/h2-10,12-13,19,25H,11,14H2,1H3,(H,24,26)/t19-/m1/s1. The average Bonchev–Trinajstić information content (AvgIpc) is 2.76. The van der Waals surface area contributed by atoms with E-state index in [4.69, 9.17) is 9.47 Å². The fourth-order valence-electron chi connectivity index (χ4n) is 3.02. The molecule has 7 heteroatoms. The molecule has 0 saturated heterocycles. The Balaban J connectivity index is 1.63. The molecule has 154 valence electrons. The summed E-state index contributed by atoms with van der Waals surface area (Å²) >= 11 is 0. The lowest BCUT2D eigenvalue weighted by molar-refractivity contribution is -0.145. The number of carbonyl (C=O) groups is 3. The number of nitrogens with one attached hydrogen (secondary N) is 1. The Morgan fingerprint density at radius 1 is 0.967 bits per heavy atom. The molecule has 3 aromatic rings. The monoisotopic (exact) mass is 407 g/mol. The first kappa shape index (κ1) is 20.9. The van der Waals surface area contributed by atoms with E-state index in [2.05, 4.69) is 5.32 Å². The number of hydrogen-bond acceptors (Lipinski definition) is 6. The third kappa shape index (κ3) is 5.14. The van der Waals surface area contributed by atoms with Gasteiger partial charge in [0.25, 0.3) is 5.91 Å². The molecule has 0 spiro atoms. The zero-order valence-electron chi connectivity index (χ0n) is 16.3. The first-order valence-corrected chi connectivity index (χ1v) is 9.28. The SMILES string of the molecule is COC(=O)[C@@H](Cc1ccccc1)NC(=O)COC(=O)c1cc2ccccc2cc1O. The van der Waals surface area contributed by atoms with Crippen LogP contribution in [0, 0.1) is 0 Å². The number of phenolic OH excluding ortho intramolecular Hbond substituents is 1. The van der Waals surface area contributed by atoms with E-state index in [9.17, 15) is 19.5 Å². The zero-order chi connectivity index (χ0) is 21.5. The normalized spacial score (nSPS) is 11.5. The molecule has 0 unspecified atom stereocenters. The highest BCUT2D eigenvalue weighted by Gasteiger charge is 2.23. The summed E-state index contributed by atoms with van der Waals surface area (Å²) in [7, 11) is 1.23. The van der Waals surface area contributed by atoms with Crippen molar-refractivity contribution in [2.24, 2.45) is 0 Å². The fourth-order valence-corrected chi connectivity index (χ4v) is 3.02. The Bertz CT molecular complexity index is 1060. The van der Waals surface area contributed by atoms with Gasteiger partial charge in [0.2, 0.25) is 0 Å². The molecular formula is C23H21NO6. The van der Waals surface area contributed by atoms with Crippen LogP contribution in [0.2, 0.25) is 0 Å². The molecule has 0 radical (unpaired) electrons. The van der Waals surface area contributed by atoms with Crippen molar-refractivity contribution in [2.75, 3.05) is 13.7 Å². The quantitative estimate of drug-likeness (QED) is 0.584. The lowest BCUT2D eigenvalue weighted by Gasteiger charge is -2.16. The molecule has 0 aliphatic heterocycles. The lowest BCUT2D eigenvalue weighted by atomic mass is 10.1. The average molecular weight is 407 g/mol. The van der Waals surface area contributed by atoms with Crippen LogP contribution in [0.5, 0.6) is 5.75 Å². The van der Waals surface area contributed by atoms with Gasteiger partial charge in [-0.15, -0.1) is 0 Å². The fraction of sp³-hybridized carbons (Fsp3) is 0.174. The number of ether oxygens (including phenoxy) is 2. The summed E-state index contributed by atoms with van der Waals surface area (Å²) in [4.78, 5) is 36.6. The van der Waals surface area contributed by atoms with Gasteiger partial charge in [-0.2, -0.15) is 0 Å². The molecule has 3 aromatic carbocycles. The number of benzene rings is 3. The van der Waals surface area contributed by atoms with E-state index in [1.807, 2.05) is 42.5 Å². The number of aromatic hydroxyl groups is 1. The van der Waals surface area contributed by atoms with Crippen molar-refractivity contribution >= 4 is 28.6 Å². The minimum Gasteiger partial charge on any atom is -0.507 e. The highest BCUT2D eigenvalue weighted by Crippen LogP contribution is 2.25. The summed E-state index contributed by atoms with van der Waals surface area (Å²) in [6.07, 6.45) is 0.235. The summed E-state index contributed by atoms with van der Waals surface area (Å²) in [5.74, 6) is -2.35. The molecular weight excluding hydrogens is 386 g/mol. The Morgan fingerprint density at radius 3 is 2.27 bits per heavy atom. The summed E-state index contributed by atoms with van der Waals surface area (Å²) < 4.78 is 9.76. The van der Waals surface area contributed by atoms with E-state index >= 15 is 0 Å². The van der Waals surface area contributed by atoms with Gasteiger partial charge >= 0.3 is 11.9 Å². The lowest BCUT2D eigenvalue weighted by Crippen LogP contribution is -2.44. The summed E-state index contributed by atoms with van der Waals surface area (Å²) in [6.45, 7) is -0.604. The molecule has 7 nitrogen and oxygen atoms in total. The van der Waals surface area contributed by atoms with Crippen LogP contribution in [0.4, 0.5) is 0 Å². The van der Waals surface area contributed by atoms with Crippen LogP contribution in [-0.2, 0) is 25.5 Å². The van der Waals surface area contributed by atoms with E-state index in [1.165, 1.54) is 19.2 Å². The molecule has 0 saturated carbocycles. The van der Waals surface area contributed by atoms with E-state index in [0.29, 0.717) is 0 Å². The van der Waals surface area contributed by atoms with Crippen LogP contribution in [0.1, 0.15) is 15.9 Å². The third-order valence-electron chi connectivity index (χ3n) is 4.52. The summed E-state index contributed by atoms with van der Waals surface area (Å²) in [5, 5.41) is 14.1. The molecule has 3 rings (SSSR count). The van der Waals surface area contributed by atoms with Gasteiger partial charge < -0.3 is 19.9 Å². The van der Waals surface area contributed by atoms with Crippen molar-refractivity contribution < 1.29 is 29.0 Å². The molecule has 1 atom stereocenters. The Labute approximate surface area is 173 Å². The minimum atomic E-state index is -0.919. The molecule has 0 aliphatic rings. The smallest absolute Gasteiger partial charge is 0.342 e. The molecule has 0 bridgehead atoms. The van der Waals surface area contributed by atoms with Crippen molar-refractivity contribution in [1.29, 1.82) is 0 Å². The second-order valence-corrected chi connectivity index (χ2v) is 6.63. The van der Waals surface area contributed by atoms with Gasteiger partial charge in [-0.05, 0) is 28.5 Å². The van der Waals surface area contributed by atoms with Crippen molar-refractivity contribution in [1.82, 2.24) is 5.32 Å². The molecule has 30 heavy (non-hydrogen) atoms. The predicted octanol–water partition coefficient (Wildman–Crippen LogP) is 2.60. The number of fused-ring (bicyclic) bond motifs is 1. The number of esters is 2. The van der Waals surface area contributed by atoms with Gasteiger partial charge in [-0.3, -0.25) is 4.79 Å². The van der Waals surface area contributed by atoms with Gasteiger partial charge in [0.15, 0.2) is 6.61 Å². The maximum atomic E-state index is 12.3. The maximum absolute atomic E-state index is 12.3. The molecule has 1 amide bonds. The summed E-state index contributed by atoms with van der Waals surface area (Å²) in [5.41, 5.74) is 0.793. The van der Waals surface area contributed by atoms with Crippen LogP contribution in [0.25, 0.3) is 10.8 Å². The maximum Gasteiger partial charge on any atom is 0.342 e. The third-order valence-corrected chi connectivity index (χ3v) is 4.52. The first-order chi connectivity index (χ1) is 14.5. The van der Waals surface area contributed by atoms with Crippen molar-refractivity contribution in [3.05, 3.63) is 77.9 Å². The van der Waals surface area contributed by atoms with Gasteiger partial charge in [-0.1, -0.05) is 54.6 Å². The predicted molar refractivity (Wildman–Crippen MR) is 110 cm³/mol. The van der Waals surface area contributed by atoms with Crippen LogP contribution >= 0.6 is 0 Å². The number of phenols is 1. The van der Waals surface area contributed by atoms with Gasteiger partial charge in [0.05, 0.1) is 7.11 Å². The second-order valence-electron chi connectivity index (χ2n) is 6.63. The van der Waals surface area contributed by atoms with Gasteiger partial charge in [0.1, 0.15) is 17.4 Å². The van der Waals surface area contributed by atoms with Crippen LogP contribution in [0.15, 0.2) is 66.7 Å². The Kier molecular flexibility index (Phi) is 6.64.